The van der Waals surface area contributed by atoms with E-state index in [0.717, 1.165) is 43.6 Å². The Bertz CT molecular complexity index is 542. The predicted molar refractivity (Wildman–Crippen MR) is 89.3 cm³/mol. The summed E-state index contributed by atoms with van der Waals surface area (Å²) < 4.78 is 0. The number of nitrogens with zero attached hydrogens (tertiary/aromatic N) is 5. The maximum atomic E-state index is 12.3. The van der Waals surface area contributed by atoms with Crippen molar-refractivity contribution >= 4 is 17.5 Å². The molecule has 1 amide bonds. The molecule has 122 valence electrons. The van der Waals surface area contributed by atoms with Gasteiger partial charge in [0, 0.05) is 51.8 Å². The van der Waals surface area contributed by atoms with Crippen LogP contribution in [0.2, 0.25) is 0 Å². The smallest absolute Gasteiger partial charge is 0.228 e. The maximum absolute atomic E-state index is 12.3. The highest BCUT2D eigenvalue weighted by molar-refractivity contribution is 5.81. The van der Waals surface area contributed by atoms with Crippen molar-refractivity contribution in [2.24, 2.45) is 5.41 Å². The van der Waals surface area contributed by atoms with Crippen LogP contribution in [0.25, 0.3) is 0 Å². The number of carbonyl (C=O) groups excluding carboxylic acids is 1. The summed E-state index contributed by atoms with van der Waals surface area (Å²) in [6.45, 7) is 10.9. The number of hydrogen-bond acceptors (Lipinski definition) is 5. The molecule has 1 aliphatic rings. The molecule has 6 heteroatoms. The lowest BCUT2D eigenvalue weighted by Gasteiger charge is -2.38. The van der Waals surface area contributed by atoms with Crippen LogP contribution in [-0.2, 0) is 4.79 Å². The van der Waals surface area contributed by atoms with Crippen LogP contribution in [-0.4, -0.2) is 61.0 Å². The Balaban J connectivity index is 2.07. The molecule has 0 aromatic carbocycles. The van der Waals surface area contributed by atoms with E-state index in [1.807, 2.05) is 57.7 Å². The topological polar surface area (TPSA) is 52.6 Å². The highest BCUT2D eigenvalue weighted by atomic mass is 16.2. The number of rotatable bonds is 2. The van der Waals surface area contributed by atoms with E-state index in [9.17, 15) is 4.79 Å². The zero-order valence-electron chi connectivity index (χ0n) is 14.6. The van der Waals surface area contributed by atoms with Gasteiger partial charge in [-0.1, -0.05) is 20.8 Å². The number of amides is 1. The molecule has 0 bridgehead atoms. The van der Waals surface area contributed by atoms with Crippen molar-refractivity contribution in [3.05, 3.63) is 11.9 Å². The second kappa shape index (κ2) is 6.10. The van der Waals surface area contributed by atoms with Gasteiger partial charge in [-0.3, -0.25) is 4.79 Å². The first-order valence-corrected chi connectivity index (χ1v) is 7.76. The largest absolute Gasteiger partial charge is 0.363 e. The average molecular weight is 305 g/mol. The third kappa shape index (κ3) is 3.67. The van der Waals surface area contributed by atoms with E-state index >= 15 is 0 Å². The molecule has 0 atom stereocenters. The normalized spacial score (nSPS) is 15.9. The molecular weight excluding hydrogens is 278 g/mol. The number of aryl methyl sites for hydroxylation is 1. The fourth-order valence-electron chi connectivity index (χ4n) is 2.54. The molecule has 0 unspecified atom stereocenters. The molecule has 1 aliphatic heterocycles. The van der Waals surface area contributed by atoms with Crippen molar-refractivity contribution in [2.45, 2.75) is 27.7 Å². The molecule has 6 nitrogen and oxygen atoms in total. The maximum Gasteiger partial charge on any atom is 0.228 e. The molecule has 0 saturated carbocycles. The van der Waals surface area contributed by atoms with Gasteiger partial charge in [-0.2, -0.15) is 0 Å². The lowest BCUT2D eigenvalue weighted by molar-refractivity contribution is -0.139. The minimum absolute atomic E-state index is 0.222. The lowest BCUT2D eigenvalue weighted by Crippen LogP contribution is -2.51. The Labute approximate surface area is 133 Å². The van der Waals surface area contributed by atoms with Crippen molar-refractivity contribution < 1.29 is 4.79 Å². The van der Waals surface area contributed by atoms with Gasteiger partial charge in [0.25, 0.3) is 0 Å². The van der Waals surface area contributed by atoms with Crippen molar-refractivity contribution in [1.82, 2.24) is 14.9 Å². The summed E-state index contributed by atoms with van der Waals surface area (Å²) in [6, 6.07) is 2.01. The van der Waals surface area contributed by atoms with Gasteiger partial charge in [0.2, 0.25) is 5.91 Å². The van der Waals surface area contributed by atoms with Gasteiger partial charge in [-0.25, -0.2) is 9.97 Å². The second-order valence-electron chi connectivity index (χ2n) is 7.06. The van der Waals surface area contributed by atoms with E-state index in [1.165, 1.54) is 0 Å². The summed E-state index contributed by atoms with van der Waals surface area (Å²) in [4.78, 5) is 27.5. The highest BCUT2D eigenvalue weighted by Crippen LogP contribution is 2.22. The molecule has 1 fully saturated rings. The van der Waals surface area contributed by atoms with E-state index in [2.05, 4.69) is 14.9 Å². The van der Waals surface area contributed by atoms with Gasteiger partial charge >= 0.3 is 0 Å². The first-order chi connectivity index (χ1) is 10.2. The predicted octanol–water partition coefficient (Wildman–Crippen LogP) is 1.55. The van der Waals surface area contributed by atoms with Crippen LogP contribution < -0.4 is 9.80 Å². The minimum Gasteiger partial charge on any atom is -0.363 e. The molecular formula is C16H27N5O. The molecule has 22 heavy (non-hydrogen) atoms. The molecule has 1 aromatic heterocycles. The Morgan fingerprint density at radius 2 is 1.73 bits per heavy atom. The average Bonchev–Trinajstić information content (AvgIpc) is 2.45. The summed E-state index contributed by atoms with van der Waals surface area (Å²) in [5, 5.41) is 0. The fourth-order valence-corrected chi connectivity index (χ4v) is 2.54. The van der Waals surface area contributed by atoms with Crippen molar-refractivity contribution in [3.8, 4) is 0 Å². The summed E-state index contributed by atoms with van der Waals surface area (Å²) in [5.74, 6) is 2.85. The molecule has 0 N–H and O–H groups in total. The van der Waals surface area contributed by atoms with E-state index in [4.69, 9.17) is 0 Å². The van der Waals surface area contributed by atoms with Gasteiger partial charge in [-0.15, -0.1) is 0 Å². The second-order valence-corrected chi connectivity index (χ2v) is 7.06. The third-order valence-corrected chi connectivity index (χ3v) is 3.80. The summed E-state index contributed by atoms with van der Waals surface area (Å²) in [6.07, 6.45) is 0. The molecule has 1 aromatic rings. The lowest BCUT2D eigenvalue weighted by atomic mass is 9.94. The Hall–Kier alpha value is -1.85. The monoisotopic (exact) mass is 305 g/mol. The van der Waals surface area contributed by atoms with E-state index < -0.39 is 0 Å². The third-order valence-electron chi connectivity index (χ3n) is 3.80. The molecule has 0 radical (unpaired) electrons. The van der Waals surface area contributed by atoms with Crippen molar-refractivity contribution in [3.63, 3.8) is 0 Å². The SMILES string of the molecule is Cc1nc(N(C)C)cc(N2CCN(C(=O)C(C)(C)C)CC2)n1. The number of piperazine rings is 1. The van der Waals surface area contributed by atoms with Gasteiger partial charge < -0.3 is 14.7 Å². The molecule has 0 spiro atoms. The van der Waals surface area contributed by atoms with Crippen molar-refractivity contribution in [1.29, 1.82) is 0 Å². The van der Waals surface area contributed by atoms with Gasteiger partial charge in [-0.05, 0) is 6.92 Å². The van der Waals surface area contributed by atoms with Crippen LogP contribution in [0, 0.1) is 12.3 Å². The summed E-state index contributed by atoms with van der Waals surface area (Å²) in [5.41, 5.74) is -0.314. The van der Waals surface area contributed by atoms with E-state index in [1.54, 1.807) is 0 Å². The van der Waals surface area contributed by atoms with Gasteiger partial charge in [0.15, 0.2) is 0 Å². The summed E-state index contributed by atoms with van der Waals surface area (Å²) in [7, 11) is 3.96. The highest BCUT2D eigenvalue weighted by Gasteiger charge is 2.30. The number of hydrogen-bond donors (Lipinski definition) is 0. The Kier molecular flexibility index (Phi) is 4.58. The zero-order valence-corrected chi connectivity index (χ0v) is 14.6. The Morgan fingerprint density at radius 1 is 1.14 bits per heavy atom. The number of anilines is 2. The fraction of sp³-hybridized carbons (Fsp3) is 0.688. The molecule has 2 rings (SSSR count). The summed E-state index contributed by atoms with van der Waals surface area (Å²) >= 11 is 0. The molecule has 1 saturated heterocycles. The van der Waals surface area contributed by atoms with Crippen LogP contribution in [0.5, 0.6) is 0 Å². The Morgan fingerprint density at radius 3 is 2.23 bits per heavy atom. The van der Waals surface area contributed by atoms with Gasteiger partial charge in [0.05, 0.1) is 0 Å². The quantitative estimate of drug-likeness (QED) is 0.830. The van der Waals surface area contributed by atoms with E-state index in [0.29, 0.717) is 0 Å². The van der Waals surface area contributed by atoms with Gasteiger partial charge in [0.1, 0.15) is 17.5 Å². The minimum atomic E-state index is -0.314. The van der Waals surface area contributed by atoms with Crippen molar-refractivity contribution in [2.75, 3.05) is 50.1 Å². The standard InChI is InChI=1S/C16H27N5O/c1-12-17-13(19(5)6)11-14(18-12)20-7-9-21(10-8-20)15(22)16(2,3)4/h11H,7-10H2,1-6H3. The molecule has 0 aliphatic carbocycles. The first kappa shape index (κ1) is 16.5. The van der Waals surface area contributed by atoms with E-state index in [-0.39, 0.29) is 11.3 Å². The van der Waals surface area contributed by atoms with Crippen LogP contribution in [0.4, 0.5) is 11.6 Å². The van der Waals surface area contributed by atoms with Crippen LogP contribution in [0.15, 0.2) is 6.07 Å². The van der Waals surface area contributed by atoms with Crippen LogP contribution in [0.1, 0.15) is 26.6 Å². The number of aromatic nitrogens is 2. The zero-order chi connectivity index (χ0) is 16.5. The van der Waals surface area contributed by atoms with Crippen LogP contribution in [0.3, 0.4) is 0 Å². The number of carbonyl (C=O) groups is 1. The molecule has 2 heterocycles. The first-order valence-electron chi connectivity index (χ1n) is 7.76. The van der Waals surface area contributed by atoms with Crippen LogP contribution >= 0.6 is 0 Å².